The lowest BCUT2D eigenvalue weighted by molar-refractivity contribution is 1.13. The minimum atomic E-state index is 0.493. The number of aromatic nitrogens is 2. The van der Waals surface area contributed by atoms with Crippen molar-refractivity contribution in [3.63, 3.8) is 0 Å². The highest BCUT2D eigenvalue weighted by atomic mass is 35.5. The van der Waals surface area contributed by atoms with Crippen molar-refractivity contribution in [3.05, 3.63) is 58.0 Å². The first-order valence-corrected chi connectivity index (χ1v) is 7.01. The van der Waals surface area contributed by atoms with Gasteiger partial charge in [-0.1, -0.05) is 29.3 Å². The number of nitrogens with zero attached hydrogens (tertiary/aromatic N) is 1. The maximum absolute atomic E-state index is 6.11. The molecule has 3 aromatic rings. The zero-order valence-electron chi connectivity index (χ0n) is 10.9. The van der Waals surface area contributed by atoms with Gasteiger partial charge in [0.2, 0.25) is 0 Å². The van der Waals surface area contributed by atoms with Gasteiger partial charge < -0.3 is 10.3 Å². The summed E-state index contributed by atoms with van der Waals surface area (Å²) in [7, 11) is 0. The van der Waals surface area contributed by atoms with Crippen LogP contribution in [0, 0.1) is 6.92 Å². The average Bonchev–Trinajstić information content (AvgIpc) is 2.80. The number of hydrogen-bond donors (Lipinski definition) is 2. The van der Waals surface area contributed by atoms with E-state index >= 15 is 0 Å². The summed E-state index contributed by atoms with van der Waals surface area (Å²) in [6, 6.07) is 7.76. The summed E-state index contributed by atoms with van der Waals surface area (Å²) in [6.07, 6.45) is 3.68. The van der Waals surface area contributed by atoms with Crippen molar-refractivity contribution in [2.45, 2.75) is 13.5 Å². The number of nitrogens with one attached hydrogen (secondary N) is 2. The molecule has 0 fully saturated rings. The third-order valence-electron chi connectivity index (χ3n) is 3.30. The Bertz CT molecular complexity index is 745. The summed E-state index contributed by atoms with van der Waals surface area (Å²) in [5.41, 5.74) is 4.14. The van der Waals surface area contributed by atoms with Crippen LogP contribution in [0.15, 0.2) is 36.7 Å². The molecular weight excluding hydrogens is 293 g/mol. The molecule has 0 radical (unpaired) electrons. The standard InChI is InChI=1S/C15H13Cl2N3/c1-9-4-5-18-15(17)14(9)20-8-10-7-19-13-6-11(16)2-3-12(10)13/h2-7,19-20H,8H2,1H3. The first kappa shape index (κ1) is 13.3. The van der Waals surface area contributed by atoms with E-state index in [1.807, 2.05) is 37.4 Å². The molecule has 0 aliphatic heterocycles. The van der Waals surface area contributed by atoms with Crippen LogP contribution in [-0.2, 0) is 6.54 Å². The van der Waals surface area contributed by atoms with Crippen LogP contribution >= 0.6 is 23.2 Å². The average molecular weight is 306 g/mol. The lowest BCUT2D eigenvalue weighted by atomic mass is 10.1. The van der Waals surface area contributed by atoms with Gasteiger partial charge in [-0.2, -0.15) is 0 Å². The molecule has 2 aromatic heterocycles. The summed E-state index contributed by atoms with van der Waals surface area (Å²) in [5, 5.41) is 5.72. The van der Waals surface area contributed by atoms with Gasteiger partial charge in [-0.25, -0.2) is 4.98 Å². The lowest BCUT2D eigenvalue weighted by Gasteiger charge is -2.10. The normalized spacial score (nSPS) is 10.9. The Balaban J connectivity index is 1.87. The number of H-pyrrole nitrogens is 1. The van der Waals surface area contributed by atoms with Gasteiger partial charge in [0, 0.05) is 34.9 Å². The highest BCUT2D eigenvalue weighted by molar-refractivity contribution is 6.32. The van der Waals surface area contributed by atoms with Crippen LogP contribution in [0.2, 0.25) is 10.2 Å². The number of hydrogen-bond acceptors (Lipinski definition) is 2. The highest BCUT2D eigenvalue weighted by Gasteiger charge is 2.07. The molecule has 0 atom stereocenters. The number of aryl methyl sites for hydroxylation is 1. The van der Waals surface area contributed by atoms with E-state index in [2.05, 4.69) is 15.3 Å². The highest BCUT2D eigenvalue weighted by Crippen LogP contribution is 2.26. The van der Waals surface area contributed by atoms with Crippen molar-refractivity contribution in [2.24, 2.45) is 0 Å². The molecule has 0 amide bonds. The second-order valence-electron chi connectivity index (χ2n) is 4.65. The SMILES string of the molecule is Cc1ccnc(Cl)c1NCc1c[nH]c2cc(Cl)ccc12. The van der Waals surface area contributed by atoms with E-state index in [4.69, 9.17) is 23.2 Å². The number of benzene rings is 1. The van der Waals surface area contributed by atoms with Crippen LogP contribution in [0.5, 0.6) is 0 Å². The van der Waals surface area contributed by atoms with Crippen LogP contribution in [0.4, 0.5) is 5.69 Å². The molecule has 20 heavy (non-hydrogen) atoms. The minimum Gasteiger partial charge on any atom is -0.378 e. The summed E-state index contributed by atoms with van der Waals surface area (Å²) in [5.74, 6) is 0. The Morgan fingerprint density at radius 3 is 2.90 bits per heavy atom. The van der Waals surface area contributed by atoms with Gasteiger partial charge in [0.1, 0.15) is 0 Å². The van der Waals surface area contributed by atoms with E-state index in [0.717, 1.165) is 32.7 Å². The molecule has 0 aliphatic carbocycles. The maximum Gasteiger partial charge on any atom is 0.152 e. The van der Waals surface area contributed by atoms with Crippen molar-refractivity contribution in [1.29, 1.82) is 0 Å². The molecule has 3 nitrogen and oxygen atoms in total. The predicted octanol–water partition coefficient (Wildman–Crippen LogP) is 4.79. The fourth-order valence-corrected chi connectivity index (χ4v) is 2.67. The van der Waals surface area contributed by atoms with E-state index in [-0.39, 0.29) is 0 Å². The second-order valence-corrected chi connectivity index (χ2v) is 5.45. The van der Waals surface area contributed by atoms with Crippen LogP contribution in [0.25, 0.3) is 10.9 Å². The van der Waals surface area contributed by atoms with Crippen LogP contribution in [0.3, 0.4) is 0 Å². The predicted molar refractivity (Wildman–Crippen MR) is 84.6 cm³/mol. The molecular formula is C15H13Cl2N3. The quantitative estimate of drug-likeness (QED) is 0.683. The lowest BCUT2D eigenvalue weighted by Crippen LogP contribution is -2.02. The van der Waals surface area contributed by atoms with Crippen molar-refractivity contribution < 1.29 is 0 Å². The van der Waals surface area contributed by atoms with Gasteiger partial charge in [-0.15, -0.1) is 0 Å². The number of fused-ring (bicyclic) bond motifs is 1. The molecule has 3 rings (SSSR count). The monoisotopic (exact) mass is 305 g/mol. The topological polar surface area (TPSA) is 40.7 Å². The smallest absolute Gasteiger partial charge is 0.152 e. The molecule has 0 bridgehead atoms. The van der Waals surface area contributed by atoms with Gasteiger partial charge in [-0.3, -0.25) is 0 Å². The first-order valence-electron chi connectivity index (χ1n) is 6.25. The van der Waals surface area contributed by atoms with E-state index < -0.39 is 0 Å². The van der Waals surface area contributed by atoms with E-state index in [0.29, 0.717) is 11.7 Å². The van der Waals surface area contributed by atoms with Crippen molar-refractivity contribution in [1.82, 2.24) is 9.97 Å². The Kier molecular flexibility index (Phi) is 3.55. The summed E-state index contributed by atoms with van der Waals surface area (Å²) in [6.45, 7) is 2.68. The van der Waals surface area contributed by atoms with E-state index in [9.17, 15) is 0 Å². The zero-order chi connectivity index (χ0) is 14.1. The van der Waals surface area contributed by atoms with Gasteiger partial charge in [0.15, 0.2) is 5.15 Å². The minimum absolute atomic E-state index is 0.493. The molecule has 5 heteroatoms. The fraction of sp³-hybridized carbons (Fsp3) is 0.133. The summed E-state index contributed by atoms with van der Waals surface area (Å²) < 4.78 is 0. The summed E-state index contributed by atoms with van der Waals surface area (Å²) >= 11 is 12.1. The molecule has 0 spiro atoms. The van der Waals surface area contributed by atoms with Gasteiger partial charge in [0.05, 0.1) is 5.69 Å². The second kappa shape index (κ2) is 5.35. The molecule has 102 valence electrons. The third-order valence-corrected chi connectivity index (χ3v) is 3.82. The third kappa shape index (κ3) is 2.47. The number of anilines is 1. The van der Waals surface area contributed by atoms with Crippen molar-refractivity contribution >= 4 is 39.8 Å². The molecule has 2 heterocycles. The number of halogens is 2. The van der Waals surface area contributed by atoms with Crippen LogP contribution < -0.4 is 5.32 Å². The van der Waals surface area contributed by atoms with Crippen molar-refractivity contribution in [3.8, 4) is 0 Å². The zero-order valence-corrected chi connectivity index (χ0v) is 12.4. The Hall–Kier alpha value is -1.71. The molecule has 0 saturated heterocycles. The van der Waals surface area contributed by atoms with Crippen molar-refractivity contribution in [2.75, 3.05) is 5.32 Å². The van der Waals surface area contributed by atoms with Crippen LogP contribution in [-0.4, -0.2) is 9.97 Å². The molecule has 0 unspecified atom stereocenters. The first-order chi connectivity index (χ1) is 9.65. The Morgan fingerprint density at radius 1 is 1.25 bits per heavy atom. The summed E-state index contributed by atoms with van der Waals surface area (Å²) in [4.78, 5) is 7.31. The molecule has 0 saturated carbocycles. The number of pyridine rings is 1. The Morgan fingerprint density at radius 2 is 2.10 bits per heavy atom. The largest absolute Gasteiger partial charge is 0.378 e. The maximum atomic E-state index is 6.11. The Labute approximate surface area is 126 Å². The molecule has 2 N–H and O–H groups in total. The van der Waals surface area contributed by atoms with E-state index in [1.54, 1.807) is 6.20 Å². The molecule has 0 aliphatic rings. The van der Waals surface area contributed by atoms with Crippen LogP contribution in [0.1, 0.15) is 11.1 Å². The van der Waals surface area contributed by atoms with Gasteiger partial charge in [-0.05, 0) is 36.2 Å². The number of rotatable bonds is 3. The number of aromatic amines is 1. The van der Waals surface area contributed by atoms with Gasteiger partial charge >= 0.3 is 0 Å². The fourth-order valence-electron chi connectivity index (χ4n) is 2.23. The molecule has 1 aromatic carbocycles. The van der Waals surface area contributed by atoms with Gasteiger partial charge in [0.25, 0.3) is 0 Å². The van der Waals surface area contributed by atoms with E-state index in [1.165, 1.54) is 0 Å².